The lowest BCUT2D eigenvalue weighted by Gasteiger charge is -2.22. The number of aliphatic hydroxyl groups is 1. The number of allylic oxidation sites excluding steroid dienone is 1. The average molecular weight is 637 g/mol. The van der Waals surface area contributed by atoms with Crippen LogP contribution in [-0.2, 0) is 14.4 Å². The molecule has 0 heterocycles. The molecule has 1 amide bonds. The van der Waals surface area contributed by atoms with E-state index in [0.717, 1.165) is 95.8 Å². The Balaban J connectivity index is -0.00000145. The van der Waals surface area contributed by atoms with Crippen LogP contribution in [-0.4, -0.2) is 84.5 Å². The molecule has 0 saturated heterocycles. The summed E-state index contributed by atoms with van der Waals surface area (Å²) in [4.78, 5) is 32.4. The van der Waals surface area contributed by atoms with Crippen LogP contribution in [0.2, 0.25) is 0 Å². The van der Waals surface area contributed by atoms with Crippen LogP contribution < -0.4 is 0 Å². The number of ether oxygens (including phenoxy) is 1. The number of rotatable bonds is 27. The number of hydroxylamine groups is 2. The Bertz CT molecular complexity index is 579. The highest BCUT2D eigenvalue weighted by atomic mass is 32.2. The minimum absolute atomic E-state index is 0. The third-order valence-electron chi connectivity index (χ3n) is 6.21. The van der Waals surface area contributed by atoms with Crippen LogP contribution in [0.1, 0.15) is 144 Å². The van der Waals surface area contributed by atoms with Crippen molar-refractivity contribution in [2.75, 3.05) is 52.8 Å². The number of aliphatic hydroxyl groups excluding tert-OH is 1. The number of hydrogen-bond acceptors (Lipinski definition) is 7. The molecule has 3 N–H and O–H groups in total. The Morgan fingerprint density at radius 2 is 1.28 bits per heavy atom. The Morgan fingerprint density at radius 3 is 1.86 bits per heavy atom. The normalized spacial score (nSPS) is 10.4. The zero-order valence-corrected chi connectivity index (χ0v) is 30.1. The van der Waals surface area contributed by atoms with Gasteiger partial charge in [-0.25, -0.2) is 5.06 Å². The fraction of sp³-hybridized carbons (Fsp3) is 0.882. The first-order chi connectivity index (χ1) is 20.5. The molecule has 0 atom stereocenters. The van der Waals surface area contributed by atoms with E-state index < -0.39 is 0 Å². The highest BCUT2D eigenvalue weighted by Gasteiger charge is 2.15. The Hall–Kier alpha value is -1.13. The van der Waals surface area contributed by atoms with E-state index in [4.69, 9.17) is 14.7 Å². The van der Waals surface area contributed by atoms with Gasteiger partial charge in [-0.15, -0.1) is 0 Å². The van der Waals surface area contributed by atoms with Crippen LogP contribution in [0.15, 0.2) is 12.2 Å². The number of amides is 1. The largest absolute Gasteiger partial charge is 0.465 e. The molecule has 0 aromatic carbocycles. The Morgan fingerprint density at radius 1 is 0.721 bits per heavy atom. The second kappa shape index (κ2) is 43.0. The molecule has 0 spiro atoms. The summed E-state index contributed by atoms with van der Waals surface area (Å²) < 4.78 is 5.32. The van der Waals surface area contributed by atoms with Crippen molar-refractivity contribution in [1.29, 1.82) is 0 Å². The monoisotopic (exact) mass is 637 g/mol. The van der Waals surface area contributed by atoms with Gasteiger partial charge in [0.1, 0.15) is 0 Å². The Kier molecular flexibility index (Phi) is 48.8. The van der Waals surface area contributed by atoms with E-state index >= 15 is 0 Å². The predicted molar refractivity (Wildman–Crippen MR) is 187 cm³/mol. The van der Waals surface area contributed by atoms with Crippen molar-refractivity contribution < 1.29 is 29.7 Å². The first-order valence-corrected chi connectivity index (χ1v) is 18.1. The quantitative estimate of drug-likeness (QED) is 0.0416. The molecule has 0 fully saturated rings. The first-order valence-electron chi connectivity index (χ1n) is 17.1. The van der Waals surface area contributed by atoms with Gasteiger partial charge in [-0.1, -0.05) is 123 Å². The van der Waals surface area contributed by atoms with Crippen molar-refractivity contribution >= 4 is 23.0 Å². The van der Waals surface area contributed by atoms with Crippen LogP contribution in [0.4, 0.5) is 4.79 Å². The van der Waals surface area contributed by atoms with Gasteiger partial charge in [0, 0.05) is 25.4 Å². The molecule has 0 bridgehead atoms. The summed E-state index contributed by atoms with van der Waals surface area (Å²) in [6, 6.07) is 0. The van der Waals surface area contributed by atoms with Crippen LogP contribution >= 0.6 is 11.8 Å². The van der Waals surface area contributed by atoms with E-state index in [1.165, 1.54) is 31.0 Å². The van der Waals surface area contributed by atoms with E-state index in [2.05, 4.69) is 17.9 Å². The lowest BCUT2D eigenvalue weighted by Crippen LogP contribution is -2.30. The highest BCUT2D eigenvalue weighted by molar-refractivity contribution is 8.13. The molecule has 0 saturated carbocycles. The molecule has 0 radical (unpaired) electrons. The number of thioether (sulfide) groups is 1. The molecule has 0 aliphatic rings. The second-order valence-electron chi connectivity index (χ2n) is 10.2. The van der Waals surface area contributed by atoms with Gasteiger partial charge in [-0.05, 0) is 52.6 Å². The van der Waals surface area contributed by atoms with Crippen molar-refractivity contribution in [3.8, 4) is 0 Å². The van der Waals surface area contributed by atoms with Crippen LogP contribution in [0.3, 0.4) is 0 Å². The molecule has 260 valence electrons. The maximum atomic E-state index is 12.7. The SMILES string of the molecule is CC.CC.CCCCC/C=C\CC(=O)OCCCCCCCCN(OCCCCCCCCO)C(=O)SCCN(C)C.O. The molecular formula is C34H72N2O6S. The standard InChI is InChI=1S/C30H58N2O5S.2C2H6.H2O/c1-4-5-6-7-12-17-22-29(34)36-26-20-15-10-8-13-18-23-32(30(35)38-28-24-31(2)3)37-27-21-16-11-9-14-19-25-33;2*1-2;/h12,17,33H,4-11,13-16,18-28H2,1-3H3;2*1-2H3;1H2/b17-12-;;;. The number of nitrogens with zero attached hydrogens (tertiary/aromatic N) is 2. The number of hydrogen-bond donors (Lipinski definition) is 1. The third kappa shape index (κ3) is 40.9. The van der Waals surface area contributed by atoms with Crippen molar-refractivity contribution in [1.82, 2.24) is 9.96 Å². The van der Waals surface area contributed by atoms with Gasteiger partial charge in [0.05, 0.1) is 19.6 Å². The van der Waals surface area contributed by atoms with E-state index in [1.807, 2.05) is 47.9 Å². The summed E-state index contributed by atoms with van der Waals surface area (Å²) in [7, 11) is 4.02. The van der Waals surface area contributed by atoms with Crippen LogP contribution in [0.5, 0.6) is 0 Å². The van der Waals surface area contributed by atoms with Gasteiger partial charge in [0.15, 0.2) is 0 Å². The topological polar surface area (TPSA) is 111 Å². The van der Waals surface area contributed by atoms with Gasteiger partial charge in [-0.3, -0.25) is 14.4 Å². The number of carbonyl (C=O) groups is 2. The zero-order chi connectivity index (χ0) is 32.1. The molecule has 0 aliphatic carbocycles. The van der Waals surface area contributed by atoms with Crippen LogP contribution in [0.25, 0.3) is 0 Å². The molecule has 43 heavy (non-hydrogen) atoms. The van der Waals surface area contributed by atoms with E-state index in [9.17, 15) is 9.59 Å². The summed E-state index contributed by atoms with van der Waals surface area (Å²) in [6.07, 6.45) is 21.5. The summed E-state index contributed by atoms with van der Waals surface area (Å²) in [5.74, 6) is 0.628. The number of carbonyl (C=O) groups excluding carboxylic acids is 2. The van der Waals surface area contributed by atoms with Gasteiger partial charge >= 0.3 is 11.2 Å². The minimum atomic E-state index is -0.133. The fourth-order valence-corrected chi connectivity index (χ4v) is 4.73. The molecule has 0 aromatic rings. The third-order valence-corrected chi connectivity index (χ3v) is 7.05. The molecule has 8 nitrogen and oxygen atoms in total. The average Bonchev–Trinajstić information content (AvgIpc) is 3.00. The van der Waals surface area contributed by atoms with Crippen LogP contribution in [0, 0.1) is 0 Å². The molecular weight excluding hydrogens is 564 g/mol. The first kappa shape index (κ1) is 48.8. The lowest BCUT2D eigenvalue weighted by molar-refractivity contribution is -0.142. The number of esters is 1. The van der Waals surface area contributed by atoms with Gasteiger partial charge in [0.2, 0.25) is 0 Å². The minimum Gasteiger partial charge on any atom is -0.465 e. The van der Waals surface area contributed by atoms with Gasteiger partial charge in [-0.2, -0.15) is 0 Å². The zero-order valence-electron chi connectivity index (χ0n) is 29.3. The molecule has 0 aromatic heterocycles. The molecule has 0 aliphatic heterocycles. The summed E-state index contributed by atoms with van der Waals surface area (Å²) in [5, 5.41) is 10.4. The second-order valence-corrected chi connectivity index (χ2v) is 11.3. The van der Waals surface area contributed by atoms with Gasteiger partial charge < -0.3 is 20.2 Å². The molecule has 0 rings (SSSR count). The van der Waals surface area contributed by atoms with E-state index in [0.29, 0.717) is 26.2 Å². The Labute approximate surface area is 271 Å². The summed E-state index contributed by atoms with van der Waals surface area (Å²) in [5.41, 5.74) is 0. The highest BCUT2D eigenvalue weighted by Crippen LogP contribution is 2.14. The fourth-order valence-electron chi connectivity index (χ4n) is 3.81. The summed E-state index contributed by atoms with van der Waals surface area (Å²) >= 11 is 1.33. The smallest absolute Gasteiger partial charge is 0.309 e. The number of unbranched alkanes of at least 4 members (excludes halogenated alkanes) is 13. The maximum Gasteiger partial charge on any atom is 0.309 e. The summed E-state index contributed by atoms with van der Waals surface area (Å²) in [6.45, 7) is 13.0. The molecule has 9 heteroatoms. The van der Waals surface area contributed by atoms with E-state index in [1.54, 1.807) is 5.06 Å². The van der Waals surface area contributed by atoms with E-state index in [-0.39, 0.29) is 23.3 Å². The van der Waals surface area contributed by atoms with Crippen molar-refractivity contribution in [2.45, 2.75) is 144 Å². The molecule has 0 unspecified atom stereocenters. The van der Waals surface area contributed by atoms with Crippen molar-refractivity contribution in [2.24, 2.45) is 0 Å². The maximum absolute atomic E-state index is 12.7. The van der Waals surface area contributed by atoms with Crippen molar-refractivity contribution in [3.63, 3.8) is 0 Å². The van der Waals surface area contributed by atoms with Crippen molar-refractivity contribution in [3.05, 3.63) is 12.2 Å². The predicted octanol–water partition coefficient (Wildman–Crippen LogP) is 8.61. The lowest BCUT2D eigenvalue weighted by atomic mass is 10.1. The van der Waals surface area contributed by atoms with Gasteiger partial charge in [0.25, 0.3) is 0 Å².